The van der Waals surface area contributed by atoms with Crippen molar-refractivity contribution in [3.8, 4) is 0 Å². The highest BCUT2D eigenvalue weighted by atomic mass is 35.5. The van der Waals surface area contributed by atoms with Crippen molar-refractivity contribution >= 4 is 28.5 Å². The van der Waals surface area contributed by atoms with Crippen LogP contribution in [0.1, 0.15) is 22.5 Å². The molecule has 0 unspecified atom stereocenters. The molecule has 1 aromatic heterocycles. The van der Waals surface area contributed by atoms with Gasteiger partial charge in [0, 0.05) is 43.1 Å². The molecule has 0 radical (unpaired) electrons. The summed E-state index contributed by atoms with van der Waals surface area (Å²) in [4.78, 5) is 17.0. The fraction of sp³-hybridized carbons (Fsp3) is 0.286. The summed E-state index contributed by atoms with van der Waals surface area (Å²) in [6, 6.07) is 13.7. The van der Waals surface area contributed by atoms with E-state index >= 15 is 0 Å². The van der Waals surface area contributed by atoms with E-state index in [0.717, 1.165) is 37.0 Å². The normalized spacial score (nSPS) is 15.9. The number of fused-ring (bicyclic) bond motifs is 1. The Kier molecular flexibility index (Phi) is 5.14. The zero-order chi connectivity index (χ0) is 18.8. The van der Waals surface area contributed by atoms with Gasteiger partial charge in [-0.25, -0.2) is 4.39 Å². The van der Waals surface area contributed by atoms with Gasteiger partial charge in [-0.15, -0.1) is 0 Å². The maximum Gasteiger partial charge on any atom is 0.289 e. The van der Waals surface area contributed by atoms with Gasteiger partial charge in [-0.05, 0) is 48.4 Å². The lowest BCUT2D eigenvalue weighted by Gasteiger charge is -2.21. The number of amides is 1. The molecule has 6 heteroatoms. The molecule has 1 aliphatic heterocycles. The third-order valence-corrected chi connectivity index (χ3v) is 5.12. The summed E-state index contributed by atoms with van der Waals surface area (Å²) in [7, 11) is 0. The number of hydrogen-bond donors (Lipinski definition) is 0. The van der Waals surface area contributed by atoms with Crippen LogP contribution in [-0.2, 0) is 6.54 Å². The van der Waals surface area contributed by atoms with E-state index in [-0.39, 0.29) is 11.7 Å². The Morgan fingerprint density at radius 2 is 1.85 bits per heavy atom. The summed E-state index contributed by atoms with van der Waals surface area (Å²) < 4.78 is 18.8. The molecule has 3 aromatic rings. The average molecular weight is 387 g/mol. The molecule has 4 rings (SSSR count). The third-order valence-electron chi connectivity index (χ3n) is 4.88. The molecule has 0 N–H and O–H groups in total. The van der Waals surface area contributed by atoms with E-state index < -0.39 is 0 Å². The van der Waals surface area contributed by atoms with E-state index in [9.17, 15) is 9.18 Å². The van der Waals surface area contributed by atoms with Crippen LogP contribution < -0.4 is 0 Å². The standard InChI is InChI=1S/C21H20ClFN2O2/c22-17-4-7-19-16(12-17)13-20(27-19)21(26)25-9-1-8-24(10-11-25)14-15-2-5-18(23)6-3-15/h2-7,12-13H,1,8-11,14H2. The molecule has 2 heterocycles. The average Bonchev–Trinajstić information content (AvgIpc) is 2.94. The van der Waals surface area contributed by atoms with Gasteiger partial charge in [0.15, 0.2) is 5.76 Å². The van der Waals surface area contributed by atoms with Crippen molar-refractivity contribution in [1.82, 2.24) is 9.80 Å². The second kappa shape index (κ2) is 7.71. The highest BCUT2D eigenvalue weighted by Gasteiger charge is 2.23. The summed E-state index contributed by atoms with van der Waals surface area (Å²) in [5, 5.41) is 1.45. The van der Waals surface area contributed by atoms with Crippen molar-refractivity contribution in [1.29, 1.82) is 0 Å². The summed E-state index contributed by atoms with van der Waals surface area (Å²) in [5.74, 6) is 0.0312. The summed E-state index contributed by atoms with van der Waals surface area (Å²) in [6.45, 7) is 3.76. The first-order valence-electron chi connectivity index (χ1n) is 9.04. The van der Waals surface area contributed by atoms with Crippen molar-refractivity contribution in [2.75, 3.05) is 26.2 Å². The molecule has 0 aliphatic carbocycles. The Morgan fingerprint density at radius 3 is 2.67 bits per heavy atom. The molecule has 0 atom stereocenters. The number of benzene rings is 2. The van der Waals surface area contributed by atoms with Gasteiger partial charge in [-0.3, -0.25) is 9.69 Å². The van der Waals surface area contributed by atoms with Crippen LogP contribution in [0.25, 0.3) is 11.0 Å². The number of carbonyl (C=O) groups is 1. The Morgan fingerprint density at radius 1 is 1.04 bits per heavy atom. The summed E-state index contributed by atoms with van der Waals surface area (Å²) in [6.07, 6.45) is 0.888. The van der Waals surface area contributed by atoms with Crippen LogP contribution in [0.4, 0.5) is 4.39 Å². The Bertz CT molecular complexity index is 954. The topological polar surface area (TPSA) is 36.7 Å². The van der Waals surface area contributed by atoms with Crippen LogP contribution in [0.2, 0.25) is 5.02 Å². The predicted octanol–water partition coefficient (Wildman–Crippen LogP) is 4.57. The Hall–Kier alpha value is -2.37. The molecule has 27 heavy (non-hydrogen) atoms. The minimum Gasteiger partial charge on any atom is -0.451 e. The van der Waals surface area contributed by atoms with Crippen molar-refractivity contribution in [3.63, 3.8) is 0 Å². The van der Waals surface area contributed by atoms with Gasteiger partial charge in [0.1, 0.15) is 11.4 Å². The number of carbonyl (C=O) groups excluding carboxylic acids is 1. The van der Waals surface area contributed by atoms with Crippen LogP contribution in [0.3, 0.4) is 0 Å². The number of hydrogen-bond acceptors (Lipinski definition) is 3. The Balaban J connectivity index is 1.42. The number of nitrogens with zero attached hydrogens (tertiary/aromatic N) is 2. The zero-order valence-corrected chi connectivity index (χ0v) is 15.6. The number of halogens is 2. The lowest BCUT2D eigenvalue weighted by Crippen LogP contribution is -2.34. The highest BCUT2D eigenvalue weighted by Crippen LogP contribution is 2.24. The summed E-state index contributed by atoms with van der Waals surface area (Å²) in [5.41, 5.74) is 1.74. The van der Waals surface area contributed by atoms with Gasteiger partial charge < -0.3 is 9.32 Å². The molecule has 1 aliphatic rings. The van der Waals surface area contributed by atoms with Gasteiger partial charge in [-0.2, -0.15) is 0 Å². The van der Waals surface area contributed by atoms with E-state index in [4.69, 9.17) is 16.0 Å². The van der Waals surface area contributed by atoms with Gasteiger partial charge in [-0.1, -0.05) is 23.7 Å². The van der Waals surface area contributed by atoms with Crippen LogP contribution >= 0.6 is 11.6 Å². The SMILES string of the molecule is O=C(c1cc2cc(Cl)ccc2o1)N1CCCN(Cc2ccc(F)cc2)CC1. The van der Waals surface area contributed by atoms with E-state index in [1.54, 1.807) is 24.3 Å². The third kappa shape index (κ3) is 4.15. The van der Waals surface area contributed by atoms with Crippen molar-refractivity contribution in [3.05, 3.63) is 70.7 Å². The lowest BCUT2D eigenvalue weighted by molar-refractivity contribution is 0.0731. The van der Waals surface area contributed by atoms with Gasteiger partial charge in [0.25, 0.3) is 5.91 Å². The minimum atomic E-state index is -0.224. The van der Waals surface area contributed by atoms with Crippen molar-refractivity contribution in [2.45, 2.75) is 13.0 Å². The van der Waals surface area contributed by atoms with Crippen LogP contribution in [0.15, 0.2) is 52.9 Å². The van der Waals surface area contributed by atoms with E-state index in [2.05, 4.69) is 4.90 Å². The Labute approximate surface area is 162 Å². The number of furan rings is 1. The van der Waals surface area contributed by atoms with Gasteiger partial charge in [0.05, 0.1) is 0 Å². The van der Waals surface area contributed by atoms with Crippen LogP contribution in [-0.4, -0.2) is 41.9 Å². The fourth-order valence-electron chi connectivity index (χ4n) is 3.46. The maximum absolute atomic E-state index is 13.1. The summed E-state index contributed by atoms with van der Waals surface area (Å²) >= 11 is 6.01. The molecule has 1 amide bonds. The number of rotatable bonds is 3. The smallest absolute Gasteiger partial charge is 0.289 e. The fourth-order valence-corrected chi connectivity index (χ4v) is 3.64. The van der Waals surface area contributed by atoms with E-state index in [0.29, 0.717) is 29.5 Å². The second-order valence-corrected chi connectivity index (χ2v) is 7.28. The molecular formula is C21H20ClFN2O2. The maximum atomic E-state index is 13.1. The molecule has 0 saturated carbocycles. The minimum absolute atomic E-state index is 0.0917. The molecule has 2 aromatic carbocycles. The first-order valence-corrected chi connectivity index (χ1v) is 9.41. The zero-order valence-electron chi connectivity index (χ0n) is 14.8. The monoisotopic (exact) mass is 386 g/mol. The van der Waals surface area contributed by atoms with Crippen LogP contribution in [0.5, 0.6) is 0 Å². The van der Waals surface area contributed by atoms with E-state index in [1.807, 2.05) is 17.0 Å². The predicted molar refractivity (Wildman–Crippen MR) is 103 cm³/mol. The second-order valence-electron chi connectivity index (χ2n) is 6.84. The lowest BCUT2D eigenvalue weighted by atomic mass is 10.2. The van der Waals surface area contributed by atoms with E-state index in [1.165, 1.54) is 12.1 Å². The molecule has 1 fully saturated rings. The van der Waals surface area contributed by atoms with Gasteiger partial charge >= 0.3 is 0 Å². The molecule has 0 bridgehead atoms. The van der Waals surface area contributed by atoms with Gasteiger partial charge in [0.2, 0.25) is 0 Å². The van der Waals surface area contributed by atoms with Crippen LogP contribution in [0, 0.1) is 5.82 Å². The van der Waals surface area contributed by atoms with Crippen molar-refractivity contribution < 1.29 is 13.6 Å². The molecular weight excluding hydrogens is 367 g/mol. The first kappa shape index (κ1) is 18.0. The first-order chi connectivity index (χ1) is 13.1. The molecule has 4 nitrogen and oxygen atoms in total. The molecule has 1 saturated heterocycles. The quantitative estimate of drug-likeness (QED) is 0.661. The highest BCUT2D eigenvalue weighted by molar-refractivity contribution is 6.31. The largest absolute Gasteiger partial charge is 0.451 e. The molecule has 140 valence electrons. The molecule has 0 spiro atoms. The van der Waals surface area contributed by atoms with Crippen molar-refractivity contribution in [2.24, 2.45) is 0 Å².